The van der Waals surface area contributed by atoms with Gasteiger partial charge >= 0.3 is 7.82 Å². The molecule has 2 aromatic rings. The average Bonchev–Trinajstić information content (AvgIpc) is 3.46. The Morgan fingerprint density at radius 3 is 2.53 bits per heavy atom. The highest BCUT2D eigenvalue weighted by Crippen LogP contribution is 2.35. The molecule has 14 heteroatoms. The summed E-state index contributed by atoms with van der Waals surface area (Å²) in [5, 5.41) is 8.60. The van der Waals surface area contributed by atoms with Gasteiger partial charge in [0.05, 0.1) is 13.2 Å². The molecule has 0 radical (unpaired) electrons. The lowest BCUT2D eigenvalue weighted by Gasteiger charge is -2.25. The molecule has 1 aromatic carbocycles. The molecule has 1 aromatic heterocycles. The van der Waals surface area contributed by atoms with Crippen molar-refractivity contribution in [2.24, 2.45) is 11.8 Å². The number of amides is 3. The molecule has 1 aliphatic heterocycles. The zero-order chi connectivity index (χ0) is 28.0. The van der Waals surface area contributed by atoms with Crippen molar-refractivity contribution in [2.75, 3.05) is 20.3 Å². The Labute approximate surface area is 219 Å². The lowest BCUT2D eigenvalue weighted by Crippen LogP contribution is -2.53. The number of Topliss-reactive ketones (excluding diaryl/α,β-unsaturated/α-hetero) is 1. The summed E-state index contributed by atoms with van der Waals surface area (Å²) in [5.41, 5.74) is 0.876. The lowest BCUT2D eigenvalue weighted by molar-refractivity contribution is -0.131. The van der Waals surface area contributed by atoms with Crippen LogP contribution in [0.3, 0.4) is 0 Å². The van der Waals surface area contributed by atoms with Gasteiger partial charge in [0.15, 0.2) is 5.78 Å². The summed E-state index contributed by atoms with van der Waals surface area (Å²) >= 11 is 0. The molecule has 0 spiro atoms. The van der Waals surface area contributed by atoms with Crippen molar-refractivity contribution in [1.82, 2.24) is 20.9 Å². The van der Waals surface area contributed by atoms with Gasteiger partial charge in [0, 0.05) is 23.4 Å². The minimum absolute atomic E-state index is 0.0124. The fraction of sp³-hybridized carbons (Fsp3) is 0.500. The predicted molar refractivity (Wildman–Crippen MR) is 136 cm³/mol. The van der Waals surface area contributed by atoms with Gasteiger partial charge in [-0.2, -0.15) is 0 Å². The zero-order valence-corrected chi connectivity index (χ0v) is 22.2. The van der Waals surface area contributed by atoms with Gasteiger partial charge in [-0.25, -0.2) is 4.57 Å². The fourth-order valence-electron chi connectivity index (χ4n) is 4.31. The smallest absolute Gasteiger partial charge is 0.470 e. The number of hydrogen-bond donors (Lipinski definition) is 6. The van der Waals surface area contributed by atoms with Crippen LogP contribution in [-0.4, -0.2) is 70.6 Å². The summed E-state index contributed by atoms with van der Waals surface area (Å²) in [6, 6.07) is 4.62. The number of carbonyl (C=O) groups is 4. The second kappa shape index (κ2) is 12.5. The van der Waals surface area contributed by atoms with Crippen molar-refractivity contribution < 1.29 is 42.8 Å². The molecule has 38 heavy (non-hydrogen) atoms. The molecule has 0 saturated carbocycles. The molecule has 2 heterocycles. The van der Waals surface area contributed by atoms with Crippen LogP contribution in [0.1, 0.15) is 43.6 Å². The lowest BCUT2D eigenvalue weighted by atomic mass is 9.95. The molecule has 1 saturated heterocycles. The number of rotatable bonds is 13. The average molecular weight is 553 g/mol. The predicted octanol–water partition coefficient (Wildman–Crippen LogP) is 1.01. The number of phosphoric acid groups is 1. The number of H-pyrrole nitrogens is 1. The molecule has 6 N–H and O–H groups in total. The van der Waals surface area contributed by atoms with Gasteiger partial charge in [0.2, 0.25) is 11.8 Å². The van der Waals surface area contributed by atoms with Crippen molar-refractivity contribution in [1.29, 1.82) is 0 Å². The molecule has 3 unspecified atom stereocenters. The topological polar surface area (TPSA) is 196 Å². The van der Waals surface area contributed by atoms with Gasteiger partial charge in [-0.3, -0.25) is 23.7 Å². The number of hydrogen-bond acceptors (Lipinski definition) is 7. The summed E-state index contributed by atoms with van der Waals surface area (Å²) in [6.07, 6.45) is 0.601. The molecule has 208 valence electrons. The minimum Gasteiger partial charge on any atom is -0.496 e. The van der Waals surface area contributed by atoms with Crippen molar-refractivity contribution in [3.63, 3.8) is 0 Å². The molecule has 3 rings (SSSR count). The SMILES string of the molecule is COc1cccc2[nH]c(C(=O)NC(CC(C)C)C(=O)NC(CC3CCNC3=O)C(=O)COP(=O)(O)O)cc12. The first-order valence-corrected chi connectivity index (χ1v) is 13.7. The van der Waals surface area contributed by atoms with Gasteiger partial charge in [-0.05, 0) is 43.4 Å². The Kier molecular flexibility index (Phi) is 9.66. The Morgan fingerprint density at radius 2 is 1.92 bits per heavy atom. The highest BCUT2D eigenvalue weighted by molar-refractivity contribution is 7.46. The normalized spacial score (nSPS) is 17.2. The number of ether oxygens (including phenoxy) is 1. The molecular formula is C24H33N4O9P. The third-order valence-electron chi connectivity index (χ3n) is 6.18. The number of nitrogens with one attached hydrogen (secondary N) is 4. The maximum atomic E-state index is 13.3. The first-order chi connectivity index (χ1) is 17.9. The van der Waals surface area contributed by atoms with E-state index in [1.54, 1.807) is 24.3 Å². The van der Waals surface area contributed by atoms with Crippen molar-refractivity contribution in [2.45, 2.75) is 45.2 Å². The summed E-state index contributed by atoms with van der Waals surface area (Å²) in [5.74, 6) is -2.32. The Hall–Kier alpha value is -3.25. The van der Waals surface area contributed by atoms with Gasteiger partial charge < -0.3 is 35.5 Å². The highest BCUT2D eigenvalue weighted by atomic mass is 31.2. The summed E-state index contributed by atoms with van der Waals surface area (Å²) in [6.45, 7) is 3.18. The van der Waals surface area contributed by atoms with Gasteiger partial charge in [-0.15, -0.1) is 0 Å². The van der Waals surface area contributed by atoms with Crippen molar-refractivity contribution in [3.8, 4) is 5.75 Å². The molecule has 1 aliphatic rings. The molecular weight excluding hydrogens is 519 g/mol. The third kappa shape index (κ3) is 7.87. The number of aromatic amines is 1. The van der Waals surface area contributed by atoms with Crippen LogP contribution in [0.4, 0.5) is 0 Å². The summed E-state index contributed by atoms with van der Waals surface area (Å²) < 4.78 is 20.7. The Morgan fingerprint density at radius 1 is 1.18 bits per heavy atom. The van der Waals surface area contributed by atoms with E-state index in [0.717, 1.165) is 0 Å². The number of benzene rings is 1. The monoisotopic (exact) mass is 552 g/mol. The molecule has 0 aliphatic carbocycles. The van der Waals surface area contributed by atoms with Crippen LogP contribution in [0.15, 0.2) is 24.3 Å². The van der Waals surface area contributed by atoms with E-state index >= 15 is 0 Å². The number of phosphoric ester groups is 1. The zero-order valence-electron chi connectivity index (χ0n) is 21.4. The van der Waals surface area contributed by atoms with Crippen molar-refractivity contribution >= 4 is 42.2 Å². The van der Waals surface area contributed by atoms with E-state index in [4.69, 9.17) is 14.5 Å². The summed E-state index contributed by atoms with van der Waals surface area (Å²) in [4.78, 5) is 72.1. The minimum atomic E-state index is -4.93. The van der Waals surface area contributed by atoms with Gasteiger partial charge in [0.25, 0.3) is 5.91 Å². The molecule has 3 amide bonds. The quantitative estimate of drug-likeness (QED) is 0.197. The van der Waals surface area contributed by atoms with Crippen LogP contribution in [0.2, 0.25) is 0 Å². The number of carbonyl (C=O) groups excluding carboxylic acids is 4. The number of aromatic nitrogens is 1. The Bertz CT molecular complexity index is 1240. The maximum absolute atomic E-state index is 13.3. The van der Waals surface area contributed by atoms with E-state index in [1.165, 1.54) is 7.11 Å². The van der Waals surface area contributed by atoms with Crippen LogP contribution < -0.4 is 20.7 Å². The second-order valence-electron chi connectivity index (χ2n) is 9.56. The van der Waals surface area contributed by atoms with Gasteiger partial charge in [-0.1, -0.05) is 19.9 Å². The summed E-state index contributed by atoms with van der Waals surface area (Å²) in [7, 11) is -3.42. The van der Waals surface area contributed by atoms with Crippen LogP contribution in [0.5, 0.6) is 5.75 Å². The van der Waals surface area contributed by atoms with E-state index in [2.05, 4.69) is 25.5 Å². The van der Waals surface area contributed by atoms with E-state index in [9.17, 15) is 23.7 Å². The fourth-order valence-corrected chi connectivity index (χ4v) is 4.61. The third-order valence-corrected chi connectivity index (χ3v) is 6.65. The standard InChI is InChI=1S/C24H33N4O9P/c1-13(2)9-18(28-24(32)19-11-15-16(26-19)5-4-6-21(15)36-3)23(31)27-17(10-14-7-8-25-22(14)30)20(29)12-37-38(33,34)35/h4-6,11,13-14,17-18,26H,7-10,12H2,1-3H3,(H,25,30)(H,27,31)(H,28,32)(H2,33,34,35). The largest absolute Gasteiger partial charge is 0.496 e. The van der Waals surface area contributed by atoms with Crippen LogP contribution in [-0.2, 0) is 23.5 Å². The second-order valence-corrected chi connectivity index (χ2v) is 10.8. The van der Waals surface area contributed by atoms with E-state index in [0.29, 0.717) is 29.6 Å². The Balaban J connectivity index is 1.78. The number of fused-ring (bicyclic) bond motifs is 1. The number of methoxy groups -OCH3 is 1. The van der Waals surface area contributed by atoms with Crippen LogP contribution in [0, 0.1) is 11.8 Å². The number of ketones is 1. The molecule has 13 nitrogen and oxygen atoms in total. The van der Waals surface area contributed by atoms with Crippen molar-refractivity contribution in [3.05, 3.63) is 30.0 Å². The van der Waals surface area contributed by atoms with E-state index < -0.39 is 50.0 Å². The molecule has 1 fully saturated rings. The first kappa shape index (κ1) is 29.3. The van der Waals surface area contributed by atoms with E-state index in [-0.39, 0.29) is 30.4 Å². The van der Waals surface area contributed by atoms with E-state index in [1.807, 2.05) is 13.8 Å². The van der Waals surface area contributed by atoms with Crippen LogP contribution >= 0.6 is 7.82 Å². The first-order valence-electron chi connectivity index (χ1n) is 12.2. The highest BCUT2D eigenvalue weighted by Gasteiger charge is 2.34. The van der Waals surface area contributed by atoms with Crippen LogP contribution in [0.25, 0.3) is 10.9 Å². The molecule has 3 atom stereocenters. The molecule has 0 bridgehead atoms. The maximum Gasteiger partial charge on any atom is 0.470 e. The van der Waals surface area contributed by atoms with Gasteiger partial charge in [0.1, 0.15) is 24.1 Å².